The predicted octanol–water partition coefficient (Wildman–Crippen LogP) is 4.81. The number of benzene rings is 2. The van der Waals surface area contributed by atoms with E-state index in [1.165, 1.54) is 5.56 Å². The van der Waals surface area contributed by atoms with Gasteiger partial charge in [0.2, 0.25) is 0 Å². The summed E-state index contributed by atoms with van der Waals surface area (Å²) in [6, 6.07) is 18.5. The number of aromatic nitrogens is 4. The molecule has 2 N–H and O–H groups in total. The molecule has 0 saturated carbocycles. The number of ether oxygens (including phenoxy) is 2. The molecule has 0 aliphatic carbocycles. The molecule has 2 aromatic carbocycles. The molecule has 2 fully saturated rings. The van der Waals surface area contributed by atoms with Crippen molar-refractivity contribution >= 4 is 62.5 Å². The average Bonchev–Trinajstić information content (AvgIpc) is 3.76. The Morgan fingerprint density at radius 1 is 1.14 bits per heavy atom. The largest absolute Gasteiger partial charge is 0.445 e. The van der Waals surface area contributed by atoms with Gasteiger partial charge in [0.15, 0.2) is 5.82 Å². The Balaban J connectivity index is 0.00000329. The molecule has 3 aromatic heterocycles. The highest BCUT2D eigenvalue weighted by Crippen LogP contribution is 2.31. The number of carbonyl (C=O) groups is 1. The van der Waals surface area contributed by atoms with Crippen LogP contribution in [0.2, 0.25) is 0 Å². The van der Waals surface area contributed by atoms with Crippen molar-refractivity contribution in [3.8, 4) is 11.8 Å². The van der Waals surface area contributed by atoms with Crippen LogP contribution in [-0.2, 0) is 16.0 Å². The number of nitrogens with one attached hydrogen (secondary N) is 2. The molecule has 10 nitrogen and oxygen atoms in total. The lowest BCUT2D eigenvalue weighted by atomic mass is 10.2. The van der Waals surface area contributed by atoms with E-state index < -0.39 is 0 Å². The van der Waals surface area contributed by atoms with Gasteiger partial charge in [0, 0.05) is 37.1 Å². The van der Waals surface area contributed by atoms with E-state index in [9.17, 15) is 4.79 Å². The summed E-state index contributed by atoms with van der Waals surface area (Å²) in [6.45, 7) is 3.57. The first-order chi connectivity index (χ1) is 20.7. The topological polar surface area (TPSA) is 106 Å². The number of morpholine rings is 1. The summed E-state index contributed by atoms with van der Waals surface area (Å²) >= 11 is 1.56. The van der Waals surface area contributed by atoms with E-state index in [4.69, 9.17) is 9.47 Å². The minimum Gasteiger partial charge on any atom is -0.445 e. The van der Waals surface area contributed by atoms with Crippen molar-refractivity contribution in [2.24, 2.45) is 0 Å². The molecule has 2 aliphatic heterocycles. The van der Waals surface area contributed by atoms with Crippen molar-refractivity contribution in [3.63, 3.8) is 0 Å². The van der Waals surface area contributed by atoms with Crippen LogP contribution in [0, 0.1) is 11.8 Å². The molecule has 12 heteroatoms. The maximum atomic E-state index is 12.4. The van der Waals surface area contributed by atoms with E-state index >= 15 is 0 Å². The molecular weight excluding hydrogens is 586 g/mol. The fourth-order valence-corrected chi connectivity index (χ4v) is 6.13. The summed E-state index contributed by atoms with van der Waals surface area (Å²) < 4.78 is 13.9. The van der Waals surface area contributed by atoms with E-state index in [-0.39, 0.29) is 30.6 Å². The minimum absolute atomic E-state index is 0. The van der Waals surface area contributed by atoms with Crippen LogP contribution in [0.5, 0.6) is 0 Å². The standard InChI is InChI=1S/C31H29N7O3S.ClH/c39-31(37-10-12-40-13-11-37)41-25-15-23(32-18-25)6-8-26-16-27-29(42-26)30(34-20-33-27)36-24-7-9-28-22(14-24)17-35-38(28)19-21-4-2-1-3-5-21;/h1-5,7,9,14,16-17,20,23,25,32H,10-13,15,18-19H2,(H,33,34,36);1H/t23-,25-;/m1./s1. The third kappa shape index (κ3) is 6.58. The number of anilines is 2. The van der Waals surface area contributed by atoms with Gasteiger partial charge in [-0.05, 0) is 29.8 Å². The quantitative estimate of drug-likeness (QED) is 0.272. The molecule has 5 heterocycles. The molecule has 43 heavy (non-hydrogen) atoms. The zero-order chi connectivity index (χ0) is 28.3. The molecule has 0 bridgehead atoms. The molecule has 7 rings (SSSR count). The van der Waals surface area contributed by atoms with Crippen LogP contribution in [0.4, 0.5) is 16.3 Å². The molecule has 2 saturated heterocycles. The first-order valence-corrected chi connectivity index (χ1v) is 14.8. The molecule has 0 unspecified atom stereocenters. The SMILES string of the molecule is Cl.O=C(O[C@H]1CN[C@H](C#Cc2cc3ncnc(Nc4ccc5c(cnn5Cc5ccccc5)c4)c3s2)C1)N1CCOCC1. The Kier molecular flexibility index (Phi) is 8.72. The average molecular weight is 616 g/mol. The van der Waals surface area contributed by atoms with Gasteiger partial charge in [0.1, 0.15) is 12.4 Å². The van der Waals surface area contributed by atoms with E-state index in [1.54, 1.807) is 22.6 Å². The van der Waals surface area contributed by atoms with Crippen LogP contribution in [0.1, 0.15) is 16.9 Å². The summed E-state index contributed by atoms with van der Waals surface area (Å²) in [5.74, 6) is 7.32. The van der Waals surface area contributed by atoms with Crippen molar-refractivity contribution in [2.75, 3.05) is 38.2 Å². The fourth-order valence-electron chi connectivity index (χ4n) is 5.21. The number of hydrogen-bond acceptors (Lipinski definition) is 9. The van der Waals surface area contributed by atoms with E-state index in [0.717, 1.165) is 44.0 Å². The second-order valence-electron chi connectivity index (χ2n) is 10.3. The molecule has 2 aliphatic rings. The Bertz CT molecular complexity index is 1790. The highest BCUT2D eigenvalue weighted by molar-refractivity contribution is 7.20. The second kappa shape index (κ2) is 13.0. The first-order valence-electron chi connectivity index (χ1n) is 14.0. The van der Waals surface area contributed by atoms with Gasteiger partial charge in [-0.3, -0.25) is 10.00 Å². The number of amides is 1. The lowest BCUT2D eigenvalue weighted by Crippen LogP contribution is -2.42. The highest BCUT2D eigenvalue weighted by atomic mass is 35.5. The Hall–Kier alpha value is -4.21. The second-order valence-corrected chi connectivity index (χ2v) is 11.4. The number of rotatable bonds is 5. The summed E-state index contributed by atoms with van der Waals surface area (Å²) in [7, 11) is 0. The predicted molar refractivity (Wildman–Crippen MR) is 169 cm³/mol. The molecule has 0 radical (unpaired) electrons. The molecule has 0 spiro atoms. The van der Waals surface area contributed by atoms with Gasteiger partial charge in [-0.2, -0.15) is 5.10 Å². The Labute approximate surface area is 258 Å². The minimum atomic E-state index is -0.276. The zero-order valence-electron chi connectivity index (χ0n) is 23.2. The normalized spacial score (nSPS) is 18.2. The smallest absolute Gasteiger partial charge is 0.410 e. The number of thiophene rings is 1. The summed E-state index contributed by atoms with van der Waals surface area (Å²) in [5, 5.41) is 12.5. The molecule has 2 atom stereocenters. The highest BCUT2D eigenvalue weighted by Gasteiger charge is 2.28. The van der Waals surface area contributed by atoms with E-state index in [1.807, 2.05) is 41.2 Å². The number of fused-ring (bicyclic) bond motifs is 2. The Morgan fingerprint density at radius 3 is 2.86 bits per heavy atom. The monoisotopic (exact) mass is 615 g/mol. The maximum Gasteiger partial charge on any atom is 0.410 e. The molecule has 1 amide bonds. The lowest BCUT2D eigenvalue weighted by molar-refractivity contribution is 0.0156. The van der Waals surface area contributed by atoms with Gasteiger partial charge in [-0.15, -0.1) is 23.7 Å². The van der Waals surface area contributed by atoms with Gasteiger partial charge in [0.25, 0.3) is 0 Å². The van der Waals surface area contributed by atoms with Crippen LogP contribution in [0.25, 0.3) is 21.1 Å². The van der Waals surface area contributed by atoms with Crippen molar-refractivity contribution in [3.05, 3.63) is 77.6 Å². The van der Waals surface area contributed by atoms with Crippen molar-refractivity contribution in [2.45, 2.75) is 25.1 Å². The number of nitrogens with zero attached hydrogens (tertiary/aromatic N) is 5. The molecular formula is C31H30ClN7O3S. The summed E-state index contributed by atoms with van der Waals surface area (Å²) in [6.07, 6.45) is 3.65. The fraction of sp³-hybridized carbons (Fsp3) is 0.290. The number of halogens is 1. The van der Waals surface area contributed by atoms with Gasteiger partial charge in [-0.25, -0.2) is 14.8 Å². The summed E-state index contributed by atoms with van der Waals surface area (Å²) in [4.78, 5) is 24.0. The Morgan fingerprint density at radius 2 is 2.00 bits per heavy atom. The van der Waals surface area contributed by atoms with Gasteiger partial charge < -0.3 is 19.7 Å². The van der Waals surface area contributed by atoms with Gasteiger partial charge >= 0.3 is 6.09 Å². The van der Waals surface area contributed by atoms with Crippen LogP contribution < -0.4 is 10.6 Å². The first kappa shape index (κ1) is 28.9. The third-order valence-corrected chi connectivity index (χ3v) is 8.43. The third-order valence-electron chi connectivity index (χ3n) is 7.39. The summed E-state index contributed by atoms with van der Waals surface area (Å²) in [5.41, 5.74) is 4.05. The van der Waals surface area contributed by atoms with E-state index in [0.29, 0.717) is 39.3 Å². The lowest BCUT2D eigenvalue weighted by Gasteiger charge is -2.27. The molecule has 5 aromatic rings. The van der Waals surface area contributed by atoms with E-state index in [2.05, 4.69) is 61.8 Å². The zero-order valence-corrected chi connectivity index (χ0v) is 24.9. The van der Waals surface area contributed by atoms with Crippen LogP contribution in [-0.4, -0.2) is 75.7 Å². The van der Waals surface area contributed by atoms with Gasteiger partial charge in [-0.1, -0.05) is 42.2 Å². The number of hydrogen-bond donors (Lipinski definition) is 2. The van der Waals surface area contributed by atoms with Crippen molar-refractivity contribution < 1.29 is 14.3 Å². The van der Waals surface area contributed by atoms with Crippen LogP contribution >= 0.6 is 23.7 Å². The maximum absolute atomic E-state index is 12.4. The van der Waals surface area contributed by atoms with Crippen LogP contribution in [0.3, 0.4) is 0 Å². The van der Waals surface area contributed by atoms with Crippen LogP contribution in [0.15, 0.2) is 67.1 Å². The van der Waals surface area contributed by atoms with Crippen molar-refractivity contribution in [1.82, 2.24) is 30.0 Å². The van der Waals surface area contributed by atoms with Crippen molar-refractivity contribution in [1.29, 1.82) is 0 Å². The molecule has 220 valence electrons. The van der Waals surface area contributed by atoms with Gasteiger partial charge in [0.05, 0.1) is 52.6 Å². The number of carbonyl (C=O) groups excluding carboxylic acids is 1.